The fourth-order valence-corrected chi connectivity index (χ4v) is 4.66. The van der Waals surface area contributed by atoms with Crippen molar-refractivity contribution in [1.29, 1.82) is 0 Å². The summed E-state index contributed by atoms with van der Waals surface area (Å²) in [5.41, 5.74) is 2.17. The smallest absolute Gasteiger partial charge is 0.408 e. The van der Waals surface area contributed by atoms with Gasteiger partial charge in [-0.05, 0) is 89.5 Å². The van der Waals surface area contributed by atoms with Crippen LogP contribution < -0.4 is 10.6 Å². The fraction of sp³-hybridized carbons (Fsp3) is 0.690. The molecule has 0 bridgehead atoms. The van der Waals surface area contributed by atoms with Crippen molar-refractivity contribution in [3.05, 3.63) is 34.9 Å². The molecule has 37 heavy (non-hydrogen) atoms. The first-order valence-corrected chi connectivity index (χ1v) is 14.9. The van der Waals surface area contributed by atoms with Gasteiger partial charge in [0.25, 0.3) is 0 Å². The van der Waals surface area contributed by atoms with E-state index in [9.17, 15) is 14.4 Å². The van der Waals surface area contributed by atoms with Crippen molar-refractivity contribution in [3.63, 3.8) is 0 Å². The second-order valence-corrected chi connectivity index (χ2v) is 11.7. The average molecular weight is 536 g/mol. The number of rotatable bonds is 14. The highest BCUT2D eigenvalue weighted by Gasteiger charge is 2.37. The van der Waals surface area contributed by atoms with E-state index in [0.29, 0.717) is 18.7 Å². The van der Waals surface area contributed by atoms with Crippen LogP contribution >= 0.6 is 11.8 Å². The summed E-state index contributed by atoms with van der Waals surface area (Å²) in [6, 6.07) is 4.27. The van der Waals surface area contributed by atoms with E-state index in [2.05, 4.69) is 24.5 Å². The van der Waals surface area contributed by atoms with Gasteiger partial charge in [0.1, 0.15) is 17.7 Å². The molecule has 0 heterocycles. The Labute approximate surface area is 228 Å². The number of aryl methyl sites for hydroxylation is 1. The van der Waals surface area contributed by atoms with E-state index in [-0.39, 0.29) is 17.9 Å². The summed E-state index contributed by atoms with van der Waals surface area (Å²) in [7, 11) is 0. The zero-order valence-corrected chi connectivity index (χ0v) is 25.2. The van der Waals surface area contributed by atoms with Gasteiger partial charge in [-0.25, -0.2) is 4.79 Å². The maximum atomic E-state index is 14.1. The number of ether oxygens (including phenoxy) is 1. The number of thioether (sulfide) groups is 1. The van der Waals surface area contributed by atoms with Crippen LogP contribution in [0.25, 0.3) is 0 Å². The Hall–Kier alpha value is -2.22. The van der Waals surface area contributed by atoms with Crippen LogP contribution in [0.5, 0.6) is 0 Å². The molecule has 3 amide bonds. The maximum absolute atomic E-state index is 14.1. The lowest BCUT2D eigenvalue weighted by atomic mass is 9.94. The highest BCUT2D eigenvalue weighted by molar-refractivity contribution is 7.98. The Kier molecular flexibility index (Phi) is 14.1. The van der Waals surface area contributed by atoms with Gasteiger partial charge >= 0.3 is 6.09 Å². The van der Waals surface area contributed by atoms with Gasteiger partial charge in [-0.2, -0.15) is 11.8 Å². The minimum atomic E-state index is -0.798. The summed E-state index contributed by atoms with van der Waals surface area (Å²) in [6.45, 7) is 15.9. The Morgan fingerprint density at radius 2 is 1.73 bits per heavy atom. The highest BCUT2D eigenvalue weighted by atomic mass is 32.2. The van der Waals surface area contributed by atoms with E-state index in [1.54, 1.807) is 37.4 Å². The standard InChI is InChI=1S/C29H49N3O4S/c1-10-12-18-32(27(34)24(17-19-37-9)31-28(35)36-29(6,7)8)25(26(33)30-21(4)14-11-2)23-16-13-15-20(3)22(23)5/h13,15-16,21,24-25H,10-12,14,17-19H2,1-9H3,(H,30,33)(H,31,35). The predicted octanol–water partition coefficient (Wildman–Crippen LogP) is 5.92. The number of amides is 3. The van der Waals surface area contributed by atoms with Crippen molar-refractivity contribution in [2.24, 2.45) is 0 Å². The third-order valence-electron chi connectivity index (χ3n) is 6.25. The monoisotopic (exact) mass is 535 g/mol. The lowest BCUT2D eigenvalue weighted by molar-refractivity contribution is -0.143. The Balaban J connectivity index is 3.53. The van der Waals surface area contributed by atoms with Crippen LogP contribution in [0.15, 0.2) is 18.2 Å². The SMILES string of the molecule is CCCCN(C(=O)C(CCSC)NC(=O)OC(C)(C)C)C(C(=O)NC(C)CCC)c1cccc(C)c1C. The summed E-state index contributed by atoms with van der Waals surface area (Å²) >= 11 is 1.60. The van der Waals surface area contributed by atoms with Gasteiger partial charge in [0.05, 0.1) is 0 Å². The van der Waals surface area contributed by atoms with Gasteiger partial charge in [-0.1, -0.05) is 44.9 Å². The number of unbranched alkanes of at least 4 members (excludes halogenated alkanes) is 1. The van der Waals surface area contributed by atoms with Crippen LogP contribution in [0, 0.1) is 13.8 Å². The highest BCUT2D eigenvalue weighted by Crippen LogP contribution is 2.28. The molecule has 1 rings (SSSR count). The number of alkyl carbamates (subject to hydrolysis) is 1. The molecular weight excluding hydrogens is 486 g/mol. The number of nitrogens with zero attached hydrogens (tertiary/aromatic N) is 1. The molecule has 3 atom stereocenters. The molecule has 1 aromatic carbocycles. The number of nitrogens with one attached hydrogen (secondary N) is 2. The van der Waals surface area contributed by atoms with Gasteiger partial charge in [0, 0.05) is 12.6 Å². The predicted molar refractivity (Wildman–Crippen MR) is 154 cm³/mol. The zero-order valence-electron chi connectivity index (χ0n) is 24.4. The molecule has 0 saturated heterocycles. The van der Waals surface area contributed by atoms with Crippen molar-refractivity contribution in [1.82, 2.24) is 15.5 Å². The first-order valence-electron chi connectivity index (χ1n) is 13.5. The molecule has 0 spiro atoms. The van der Waals surface area contributed by atoms with Crippen LogP contribution in [0.4, 0.5) is 4.79 Å². The molecule has 0 aliphatic rings. The normalized spacial score (nSPS) is 13.9. The van der Waals surface area contributed by atoms with E-state index in [0.717, 1.165) is 42.4 Å². The third kappa shape index (κ3) is 11.0. The van der Waals surface area contributed by atoms with Crippen LogP contribution in [0.1, 0.15) is 96.4 Å². The van der Waals surface area contributed by atoms with Gasteiger partial charge < -0.3 is 20.3 Å². The Morgan fingerprint density at radius 3 is 2.30 bits per heavy atom. The Morgan fingerprint density at radius 1 is 1.05 bits per heavy atom. The van der Waals surface area contributed by atoms with Crippen molar-refractivity contribution in [3.8, 4) is 0 Å². The average Bonchev–Trinajstić information content (AvgIpc) is 2.80. The van der Waals surface area contributed by atoms with Gasteiger partial charge in [-0.3, -0.25) is 9.59 Å². The molecule has 3 unspecified atom stereocenters. The van der Waals surface area contributed by atoms with E-state index in [1.807, 2.05) is 45.2 Å². The maximum Gasteiger partial charge on any atom is 0.408 e. The molecule has 0 aliphatic heterocycles. The second-order valence-electron chi connectivity index (χ2n) is 10.8. The number of hydrogen-bond donors (Lipinski definition) is 2. The van der Waals surface area contributed by atoms with Crippen molar-refractivity contribution < 1.29 is 19.1 Å². The quantitative estimate of drug-likeness (QED) is 0.309. The molecule has 0 saturated carbocycles. The van der Waals surface area contributed by atoms with Crippen LogP contribution in [0.2, 0.25) is 0 Å². The lowest BCUT2D eigenvalue weighted by Crippen LogP contribution is -2.54. The molecule has 7 nitrogen and oxygen atoms in total. The summed E-state index contributed by atoms with van der Waals surface area (Å²) in [5, 5.41) is 5.94. The first kappa shape index (κ1) is 32.8. The molecule has 0 fully saturated rings. The lowest BCUT2D eigenvalue weighted by Gasteiger charge is -2.36. The molecule has 1 aromatic rings. The van der Waals surface area contributed by atoms with Crippen molar-refractivity contribution in [2.45, 2.75) is 111 Å². The zero-order chi connectivity index (χ0) is 28.2. The molecule has 8 heteroatoms. The summed E-state index contributed by atoms with van der Waals surface area (Å²) in [5.74, 6) is 0.222. The minimum absolute atomic E-state index is 0.0135. The first-order chi connectivity index (χ1) is 17.4. The third-order valence-corrected chi connectivity index (χ3v) is 6.89. The van der Waals surface area contributed by atoms with Crippen LogP contribution in [-0.2, 0) is 14.3 Å². The van der Waals surface area contributed by atoms with Crippen LogP contribution in [0.3, 0.4) is 0 Å². The van der Waals surface area contributed by atoms with Crippen molar-refractivity contribution >= 4 is 29.7 Å². The second kappa shape index (κ2) is 15.9. The minimum Gasteiger partial charge on any atom is -0.444 e. The largest absolute Gasteiger partial charge is 0.444 e. The van der Waals surface area contributed by atoms with Gasteiger partial charge in [0.15, 0.2) is 0 Å². The molecule has 210 valence electrons. The molecule has 0 aliphatic carbocycles. The topological polar surface area (TPSA) is 87.7 Å². The van der Waals surface area contributed by atoms with Crippen LogP contribution in [-0.4, -0.2) is 59.0 Å². The van der Waals surface area contributed by atoms with Gasteiger partial charge in [0.2, 0.25) is 11.8 Å². The number of carbonyl (C=O) groups excluding carboxylic acids is 3. The number of benzene rings is 1. The molecular formula is C29H49N3O4S. The van der Waals surface area contributed by atoms with Crippen molar-refractivity contribution in [2.75, 3.05) is 18.6 Å². The van der Waals surface area contributed by atoms with E-state index in [4.69, 9.17) is 4.74 Å². The fourth-order valence-electron chi connectivity index (χ4n) is 4.19. The van der Waals surface area contributed by atoms with E-state index in [1.165, 1.54) is 0 Å². The van der Waals surface area contributed by atoms with E-state index < -0.39 is 23.8 Å². The molecule has 0 aromatic heterocycles. The summed E-state index contributed by atoms with van der Waals surface area (Å²) < 4.78 is 5.46. The summed E-state index contributed by atoms with van der Waals surface area (Å²) in [4.78, 5) is 42.3. The summed E-state index contributed by atoms with van der Waals surface area (Å²) in [6.07, 6.45) is 5.18. The molecule has 2 N–H and O–H groups in total. The van der Waals surface area contributed by atoms with Gasteiger partial charge in [-0.15, -0.1) is 0 Å². The Bertz CT molecular complexity index is 884. The van der Waals surface area contributed by atoms with E-state index >= 15 is 0 Å². The number of hydrogen-bond acceptors (Lipinski definition) is 5. The molecule has 0 radical (unpaired) electrons. The number of carbonyl (C=O) groups is 3.